The van der Waals surface area contributed by atoms with Crippen LogP contribution in [-0.2, 0) is 29.0 Å². The second kappa shape index (κ2) is 5.85. The highest BCUT2D eigenvalue weighted by Gasteiger charge is 2.20. The van der Waals surface area contributed by atoms with E-state index in [1.165, 1.54) is 0 Å². The van der Waals surface area contributed by atoms with Gasteiger partial charge in [-0.2, -0.15) is 0 Å². The zero-order chi connectivity index (χ0) is 11.1. The van der Waals surface area contributed by atoms with E-state index in [1.54, 1.807) is 6.92 Å². The van der Waals surface area contributed by atoms with Crippen molar-refractivity contribution in [2.45, 2.75) is 26.7 Å². The van der Waals surface area contributed by atoms with Gasteiger partial charge in [0.25, 0.3) is 5.78 Å². The van der Waals surface area contributed by atoms with E-state index in [2.05, 4.69) is 9.78 Å². The van der Waals surface area contributed by atoms with Gasteiger partial charge in [0.2, 0.25) is 0 Å². The largest absolute Gasteiger partial charge is 0.422 e. The molecule has 0 aromatic rings. The van der Waals surface area contributed by atoms with E-state index in [1.807, 2.05) is 0 Å². The summed E-state index contributed by atoms with van der Waals surface area (Å²) < 4.78 is 0. The van der Waals surface area contributed by atoms with E-state index in [0.717, 1.165) is 6.92 Å². The van der Waals surface area contributed by atoms with Gasteiger partial charge in [-0.25, -0.2) is 19.4 Å². The summed E-state index contributed by atoms with van der Waals surface area (Å²) in [7, 11) is 0. The van der Waals surface area contributed by atoms with Crippen molar-refractivity contribution in [3.05, 3.63) is 0 Å². The highest BCUT2D eigenvalue weighted by molar-refractivity contribution is 6.36. The molecule has 14 heavy (non-hydrogen) atoms. The molecule has 0 amide bonds. The molecule has 6 nitrogen and oxygen atoms in total. The monoisotopic (exact) mass is 202 g/mol. The maximum atomic E-state index is 10.8. The van der Waals surface area contributed by atoms with Crippen molar-refractivity contribution in [1.29, 1.82) is 0 Å². The third kappa shape index (κ3) is 5.02. The Hall–Kier alpha value is -1.72. The Bertz CT molecular complexity index is 267. The summed E-state index contributed by atoms with van der Waals surface area (Å²) in [6.07, 6.45) is -0.372. The molecule has 6 heteroatoms. The minimum atomic E-state index is -1.35. The predicted octanol–water partition coefficient (Wildman–Crippen LogP) is -0.0540. The van der Waals surface area contributed by atoms with Gasteiger partial charge in [0.05, 0.1) is 6.42 Å². The lowest BCUT2D eigenvalue weighted by Crippen LogP contribution is -2.21. The summed E-state index contributed by atoms with van der Waals surface area (Å²) in [5.41, 5.74) is 0. The lowest BCUT2D eigenvalue weighted by atomic mass is 10.2. The number of hydrogen-bond donors (Lipinski definition) is 0. The first kappa shape index (κ1) is 12.3. The molecule has 0 rings (SSSR count). The average molecular weight is 202 g/mol. The SMILES string of the molecule is CCC(=O)CC(=O)C(=O)OOC(C)=O. The van der Waals surface area contributed by atoms with Gasteiger partial charge in [-0.05, 0) is 0 Å². The first-order valence-electron chi connectivity index (χ1n) is 3.91. The molecule has 0 spiro atoms. The van der Waals surface area contributed by atoms with Crippen molar-refractivity contribution in [3.8, 4) is 0 Å². The van der Waals surface area contributed by atoms with E-state index in [9.17, 15) is 19.2 Å². The number of ketones is 2. The van der Waals surface area contributed by atoms with Crippen LogP contribution in [0.1, 0.15) is 26.7 Å². The lowest BCUT2D eigenvalue weighted by Gasteiger charge is -1.98. The van der Waals surface area contributed by atoms with Gasteiger partial charge in [-0.3, -0.25) is 9.59 Å². The number of rotatable bonds is 4. The predicted molar refractivity (Wildman–Crippen MR) is 42.8 cm³/mol. The van der Waals surface area contributed by atoms with Crippen LogP contribution in [0, 0.1) is 0 Å². The molecule has 78 valence electrons. The highest BCUT2D eigenvalue weighted by Crippen LogP contribution is 1.94. The van der Waals surface area contributed by atoms with Gasteiger partial charge in [0.15, 0.2) is 0 Å². The molecule has 0 unspecified atom stereocenters. The molecule has 0 saturated carbocycles. The first-order chi connectivity index (χ1) is 6.47. The second-order valence-corrected chi connectivity index (χ2v) is 2.44. The van der Waals surface area contributed by atoms with Gasteiger partial charge in [0.1, 0.15) is 5.78 Å². The molecule has 0 heterocycles. The van der Waals surface area contributed by atoms with Crippen LogP contribution in [0.4, 0.5) is 0 Å². The van der Waals surface area contributed by atoms with E-state index < -0.39 is 24.1 Å². The molecule has 0 aliphatic heterocycles. The Morgan fingerprint density at radius 1 is 1.07 bits per heavy atom. The zero-order valence-corrected chi connectivity index (χ0v) is 7.86. The van der Waals surface area contributed by atoms with Crippen molar-refractivity contribution in [2.24, 2.45) is 0 Å². The summed E-state index contributed by atoms with van der Waals surface area (Å²) in [6.45, 7) is 2.57. The molecule has 0 fully saturated rings. The van der Waals surface area contributed by atoms with Crippen molar-refractivity contribution >= 4 is 23.5 Å². The Balaban J connectivity index is 3.94. The van der Waals surface area contributed by atoms with Crippen molar-refractivity contribution in [2.75, 3.05) is 0 Å². The molecule has 0 atom stereocenters. The topological polar surface area (TPSA) is 86.7 Å². The number of Topliss-reactive ketones (excluding diaryl/α,β-unsaturated/α-hetero) is 2. The molecule has 0 saturated heterocycles. The molecule has 0 radical (unpaired) electrons. The number of carbonyl (C=O) groups excluding carboxylic acids is 4. The normalized spacial score (nSPS) is 9.00. The van der Waals surface area contributed by atoms with Gasteiger partial charge in [0, 0.05) is 13.3 Å². The van der Waals surface area contributed by atoms with Crippen LogP contribution in [0.2, 0.25) is 0 Å². The van der Waals surface area contributed by atoms with Crippen LogP contribution in [0.5, 0.6) is 0 Å². The number of hydrogen-bond acceptors (Lipinski definition) is 6. The fraction of sp³-hybridized carbons (Fsp3) is 0.500. The summed E-state index contributed by atoms with van der Waals surface area (Å²) >= 11 is 0. The molecule has 0 aliphatic rings. The van der Waals surface area contributed by atoms with Crippen molar-refractivity contribution in [3.63, 3.8) is 0 Å². The zero-order valence-electron chi connectivity index (χ0n) is 7.86. The molecular weight excluding hydrogens is 192 g/mol. The van der Waals surface area contributed by atoms with Crippen LogP contribution in [-0.4, -0.2) is 23.5 Å². The lowest BCUT2D eigenvalue weighted by molar-refractivity contribution is -0.254. The Labute approximate surface area is 80.1 Å². The Kier molecular flexibility index (Phi) is 5.13. The Morgan fingerprint density at radius 2 is 1.64 bits per heavy atom. The molecule has 0 aliphatic carbocycles. The van der Waals surface area contributed by atoms with Gasteiger partial charge < -0.3 is 0 Å². The van der Waals surface area contributed by atoms with Crippen LogP contribution in [0.3, 0.4) is 0 Å². The van der Waals surface area contributed by atoms with E-state index >= 15 is 0 Å². The molecular formula is C8H10O6. The average Bonchev–Trinajstić information content (AvgIpc) is 2.13. The van der Waals surface area contributed by atoms with E-state index in [-0.39, 0.29) is 12.2 Å². The smallest absolute Gasteiger partial charge is 0.299 e. The summed E-state index contributed by atoms with van der Waals surface area (Å²) in [4.78, 5) is 50.1. The van der Waals surface area contributed by atoms with Crippen molar-refractivity contribution < 1.29 is 29.0 Å². The minimum Gasteiger partial charge on any atom is -0.299 e. The third-order valence-electron chi connectivity index (χ3n) is 1.21. The minimum absolute atomic E-state index is 0.159. The molecule has 0 aromatic carbocycles. The summed E-state index contributed by atoms with van der Waals surface area (Å²) in [5.74, 6) is -3.61. The standard InChI is InChI=1S/C8H10O6/c1-3-6(10)4-7(11)8(12)14-13-5(2)9/h3-4H2,1-2H3. The molecule has 0 aromatic heterocycles. The van der Waals surface area contributed by atoms with Gasteiger partial charge in [-0.15, -0.1) is 0 Å². The van der Waals surface area contributed by atoms with Crippen LogP contribution in [0.25, 0.3) is 0 Å². The van der Waals surface area contributed by atoms with E-state index in [0.29, 0.717) is 0 Å². The number of carbonyl (C=O) groups is 4. The van der Waals surface area contributed by atoms with Crippen LogP contribution in [0.15, 0.2) is 0 Å². The fourth-order valence-corrected chi connectivity index (χ4v) is 0.519. The summed E-state index contributed by atoms with van der Waals surface area (Å²) in [6, 6.07) is 0. The van der Waals surface area contributed by atoms with E-state index in [4.69, 9.17) is 0 Å². The van der Waals surface area contributed by atoms with Gasteiger partial charge >= 0.3 is 11.9 Å². The second-order valence-electron chi connectivity index (χ2n) is 2.44. The first-order valence-corrected chi connectivity index (χ1v) is 3.91. The van der Waals surface area contributed by atoms with Crippen LogP contribution >= 0.6 is 0 Å². The maximum Gasteiger partial charge on any atom is 0.422 e. The molecule has 0 bridgehead atoms. The third-order valence-corrected chi connectivity index (χ3v) is 1.21. The fourth-order valence-electron chi connectivity index (χ4n) is 0.519. The Morgan fingerprint density at radius 3 is 2.07 bits per heavy atom. The van der Waals surface area contributed by atoms with Crippen LogP contribution < -0.4 is 0 Å². The van der Waals surface area contributed by atoms with Gasteiger partial charge in [-0.1, -0.05) is 6.92 Å². The van der Waals surface area contributed by atoms with Crippen molar-refractivity contribution in [1.82, 2.24) is 0 Å². The highest BCUT2D eigenvalue weighted by atomic mass is 17.2. The quantitative estimate of drug-likeness (QED) is 0.275. The summed E-state index contributed by atoms with van der Waals surface area (Å²) in [5, 5.41) is 0. The maximum absolute atomic E-state index is 10.8. The molecule has 0 N–H and O–H groups in total.